The second-order valence-corrected chi connectivity index (χ2v) is 6.37. The fourth-order valence-corrected chi connectivity index (χ4v) is 3.34. The van der Waals surface area contributed by atoms with Gasteiger partial charge in [0, 0.05) is 12.6 Å². The number of nitrogens with zero attached hydrogens (tertiary/aromatic N) is 1. The van der Waals surface area contributed by atoms with Gasteiger partial charge in [0.2, 0.25) is 0 Å². The first-order chi connectivity index (χ1) is 9.52. The number of nitrogens with two attached hydrogens (primary N) is 1. The maximum atomic E-state index is 13.5. The Kier molecular flexibility index (Phi) is 5.17. The van der Waals surface area contributed by atoms with Crippen molar-refractivity contribution in [2.45, 2.75) is 39.7 Å². The summed E-state index contributed by atoms with van der Waals surface area (Å²) in [5, 5.41) is 0. The zero-order valence-electron chi connectivity index (χ0n) is 12.9. The summed E-state index contributed by atoms with van der Waals surface area (Å²) in [7, 11) is 0. The van der Waals surface area contributed by atoms with Crippen LogP contribution in [0, 0.1) is 24.6 Å². The zero-order valence-corrected chi connectivity index (χ0v) is 12.9. The average molecular weight is 278 g/mol. The molecule has 0 aliphatic carbocycles. The van der Waals surface area contributed by atoms with E-state index in [1.165, 1.54) is 18.9 Å². The molecule has 1 aromatic rings. The van der Waals surface area contributed by atoms with Crippen LogP contribution in [0.4, 0.5) is 4.39 Å². The molecule has 2 rings (SSSR count). The molecule has 1 aliphatic rings. The lowest BCUT2D eigenvalue weighted by molar-refractivity contribution is 0.117. The summed E-state index contributed by atoms with van der Waals surface area (Å²) in [6.07, 6.45) is 2.45. The molecular formula is C17H27FN2. The van der Waals surface area contributed by atoms with Crippen molar-refractivity contribution < 1.29 is 4.39 Å². The van der Waals surface area contributed by atoms with E-state index in [2.05, 4.69) is 18.7 Å². The van der Waals surface area contributed by atoms with Crippen LogP contribution >= 0.6 is 0 Å². The lowest BCUT2D eigenvalue weighted by Gasteiger charge is -2.39. The van der Waals surface area contributed by atoms with Crippen LogP contribution in [0.1, 0.15) is 43.9 Å². The molecule has 1 aliphatic heterocycles. The van der Waals surface area contributed by atoms with Crippen LogP contribution in [0.15, 0.2) is 18.2 Å². The fraction of sp³-hybridized carbons (Fsp3) is 0.647. The van der Waals surface area contributed by atoms with E-state index in [0.29, 0.717) is 6.54 Å². The summed E-state index contributed by atoms with van der Waals surface area (Å²) in [5.74, 6) is 1.41. The molecule has 0 saturated carbocycles. The largest absolute Gasteiger partial charge is 0.329 e. The molecule has 1 atom stereocenters. The second-order valence-electron chi connectivity index (χ2n) is 6.37. The lowest BCUT2D eigenvalue weighted by atomic mass is 9.85. The Balaban J connectivity index is 2.11. The minimum absolute atomic E-state index is 0.152. The zero-order chi connectivity index (χ0) is 14.7. The number of hydrogen-bond acceptors (Lipinski definition) is 2. The van der Waals surface area contributed by atoms with E-state index < -0.39 is 0 Å². The predicted octanol–water partition coefficient (Wildman–Crippen LogP) is 3.50. The highest BCUT2D eigenvalue weighted by Crippen LogP contribution is 2.31. The molecule has 1 aromatic carbocycles. The first kappa shape index (κ1) is 15.5. The number of rotatable bonds is 4. The van der Waals surface area contributed by atoms with Gasteiger partial charge in [0.05, 0.1) is 0 Å². The number of hydrogen-bond donors (Lipinski definition) is 1. The van der Waals surface area contributed by atoms with E-state index >= 15 is 0 Å². The molecule has 1 saturated heterocycles. The standard InChI is InChI=1S/C17H27FN2/c1-12(2)14-6-8-20(9-7-14)17(11-19)16-10-15(18)5-4-13(16)3/h4-5,10,12,14,17H,6-9,11,19H2,1-3H3. The van der Waals surface area contributed by atoms with Gasteiger partial charge in [-0.25, -0.2) is 4.39 Å². The van der Waals surface area contributed by atoms with Gasteiger partial charge in [0.15, 0.2) is 0 Å². The Labute approximate surface area is 122 Å². The van der Waals surface area contributed by atoms with Gasteiger partial charge in [-0.15, -0.1) is 0 Å². The smallest absolute Gasteiger partial charge is 0.123 e. The third-order valence-electron chi connectivity index (χ3n) is 4.78. The summed E-state index contributed by atoms with van der Waals surface area (Å²) in [5.41, 5.74) is 8.17. The van der Waals surface area contributed by atoms with Crippen LogP contribution in [0.3, 0.4) is 0 Å². The van der Waals surface area contributed by atoms with Crippen LogP contribution in [0.2, 0.25) is 0 Å². The van der Waals surface area contributed by atoms with Crippen LogP contribution in [-0.4, -0.2) is 24.5 Å². The topological polar surface area (TPSA) is 29.3 Å². The molecule has 2 N–H and O–H groups in total. The number of halogens is 1. The van der Waals surface area contributed by atoms with E-state index in [1.54, 1.807) is 6.07 Å². The Hall–Kier alpha value is -0.930. The van der Waals surface area contributed by atoms with Crippen LogP contribution in [0.5, 0.6) is 0 Å². The molecule has 0 aromatic heterocycles. The van der Waals surface area contributed by atoms with Crippen LogP contribution in [-0.2, 0) is 0 Å². The quantitative estimate of drug-likeness (QED) is 0.913. The maximum Gasteiger partial charge on any atom is 0.123 e. The van der Waals surface area contributed by atoms with Crippen molar-refractivity contribution in [3.63, 3.8) is 0 Å². The van der Waals surface area contributed by atoms with Gasteiger partial charge in [-0.3, -0.25) is 4.90 Å². The van der Waals surface area contributed by atoms with Crippen molar-refractivity contribution in [3.05, 3.63) is 35.1 Å². The molecular weight excluding hydrogens is 251 g/mol. The predicted molar refractivity (Wildman–Crippen MR) is 82.1 cm³/mol. The van der Waals surface area contributed by atoms with E-state index in [-0.39, 0.29) is 11.9 Å². The van der Waals surface area contributed by atoms with E-state index in [0.717, 1.165) is 36.1 Å². The molecule has 0 spiro atoms. The number of likely N-dealkylation sites (tertiary alicyclic amines) is 1. The third-order valence-corrected chi connectivity index (χ3v) is 4.78. The molecule has 0 bridgehead atoms. The molecule has 0 radical (unpaired) electrons. The molecule has 2 nitrogen and oxygen atoms in total. The van der Waals surface area contributed by atoms with Gasteiger partial charge in [-0.05, 0) is 68.0 Å². The number of aryl methyl sites for hydroxylation is 1. The van der Waals surface area contributed by atoms with Crippen molar-refractivity contribution >= 4 is 0 Å². The monoisotopic (exact) mass is 278 g/mol. The van der Waals surface area contributed by atoms with E-state index in [4.69, 9.17) is 5.73 Å². The Morgan fingerprint density at radius 1 is 1.30 bits per heavy atom. The summed E-state index contributed by atoms with van der Waals surface area (Å²) >= 11 is 0. The Morgan fingerprint density at radius 2 is 1.95 bits per heavy atom. The molecule has 0 amide bonds. The summed E-state index contributed by atoms with van der Waals surface area (Å²) in [6, 6.07) is 5.19. The minimum atomic E-state index is -0.166. The second kappa shape index (κ2) is 6.68. The summed E-state index contributed by atoms with van der Waals surface area (Å²) in [6.45, 7) is 9.34. The highest BCUT2D eigenvalue weighted by molar-refractivity contribution is 5.30. The molecule has 1 unspecified atom stereocenters. The fourth-order valence-electron chi connectivity index (χ4n) is 3.34. The van der Waals surface area contributed by atoms with Crippen LogP contribution < -0.4 is 5.73 Å². The van der Waals surface area contributed by atoms with Crippen LogP contribution in [0.25, 0.3) is 0 Å². The van der Waals surface area contributed by atoms with Crippen molar-refractivity contribution in [2.75, 3.05) is 19.6 Å². The van der Waals surface area contributed by atoms with E-state index in [9.17, 15) is 4.39 Å². The highest BCUT2D eigenvalue weighted by atomic mass is 19.1. The normalized spacial score (nSPS) is 19.5. The molecule has 1 heterocycles. The Bertz CT molecular complexity index is 437. The third kappa shape index (κ3) is 3.39. The average Bonchev–Trinajstić information content (AvgIpc) is 2.44. The van der Waals surface area contributed by atoms with Gasteiger partial charge in [-0.2, -0.15) is 0 Å². The molecule has 20 heavy (non-hydrogen) atoms. The first-order valence-corrected chi connectivity index (χ1v) is 7.73. The Morgan fingerprint density at radius 3 is 2.50 bits per heavy atom. The summed E-state index contributed by atoms with van der Waals surface area (Å²) < 4.78 is 13.5. The van der Waals surface area contributed by atoms with Crippen molar-refractivity contribution in [1.29, 1.82) is 0 Å². The van der Waals surface area contributed by atoms with Crippen molar-refractivity contribution in [3.8, 4) is 0 Å². The van der Waals surface area contributed by atoms with E-state index in [1.807, 2.05) is 13.0 Å². The van der Waals surface area contributed by atoms with Crippen molar-refractivity contribution in [1.82, 2.24) is 4.90 Å². The maximum absolute atomic E-state index is 13.5. The minimum Gasteiger partial charge on any atom is -0.329 e. The SMILES string of the molecule is Cc1ccc(F)cc1C(CN)N1CCC(C(C)C)CC1. The molecule has 3 heteroatoms. The van der Waals surface area contributed by atoms with Crippen molar-refractivity contribution in [2.24, 2.45) is 17.6 Å². The van der Waals surface area contributed by atoms with Gasteiger partial charge >= 0.3 is 0 Å². The van der Waals surface area contributed by atoms with Gasteiger partial charge in [0.25, 0.3) is 0 Å². The number of benzene rings is 1. The lowest BCUT2D eigenvalue weighted by Crippen LogP contribution is -2.41. The molecule has 1 fully saturated rings. The summed E-state index contributed by atoms with van der Waals surface area (Å²) in [4.78, 5) is 2.43. The number of piperidine rings is 1. The van der Waals surface area contributed by atoms with Gasteiger partial charge < -0.3 is 5.73 Å². The van der Waals surface area contributed by atoms with Gasteiger partial charge in [-0.1, -0.05) is 19.9 Å². The highest BCUT2D eigenvalue weighted by Gasteiger charge is 2.27. The molecule has 112 valence electrons. The van der Waals surface area contributed by atoms with Gasteiger partial charge in [0.1, 0.15) is 5.82 Å². The first-order valence-electron chi connectivity index (χ1n) is 7.73.